The minimum absolute atomic E-state index is 0.0120. The fraction of sp³-hybridized carbons (Fsp3) is 0.227. The van der Waals surface area contributed by atoms with Gasteiger partial charge in [0.05, 0.1) is 4.92 Å². The van der Waals surface area contributed by atoms with Gasteiger partial charge in [-0.15, -0.1) is 0 Å². The van der Waals surface area contributed by atoms with Crippen LogP contribution >= 0.6 is 0 Å². The number of anilines is 1. The third-order valence-electron chi connectivity index (χ3n) is 4.84. The minimum Gasteiger partial charge on any atom is -0.305 e. The highest BCUT2D eigenvalue weighted by Crippen LogP contribution is 2.28. The Hall–Kier alpha value is -3.21. The zero-order chi connectivity index (χ0) is 19.4. The van der Waals surface area contributed by atoms with Crippen molar-refractivity contribution in [3.63, 3.8) is 0 Å². The molecule has 0 aliphatic heterocycles. The maximum absolute atomic E-state index is 13.3. The van der Waals surface area contributed by atoms with Crippen LogP contribution < -0.4 is 4.90 Å². The summed E-state index contributed by atoms with van der Waals surface area (Å²) in [4.78, 5) is 25.7. The van der Waals surface area contributed by atoms with E-state index in [2.05, 4.69) is 0 Å². The monoisotopic (exact) mass is 362 g/mol. The Balaban J connectivity index is 2.08. The van der Waals surface area contributed by atoms with Crippen LogP contribution in [0, 0.1) is 10.1 Å². The molecule has 1 amide bonds. The van der Waals surface area contributed by atoms with Crippen LogP contribution in [0.2, 0.25) is 0 Å². The average Bonchev–Trinajstić information content (AvgIpc) is 2.71. The Labute approximate surface area is 158 Å². The first-order valence-corrected chi connectivity index (χ1v) is 9.12. The second kappa shape index (κ2) is 7.99. The second-order valence-electron chi connectivity index (χ2n) is 6.48. The van der Waals surface area contributed by atoms with Crippen molar-refractivity contribution in [2.45, 2.75) is 32.7 Å². The van der Waals surface area contributed by atoms with Gasteiger partial charge in [0.2, 0.25) is 0 Å². The molecule has 5 heteroatoms. The Morgan fingerprint density at radius 1 is 0.963 bits per heavy atom. The van der Waals surface area contributed by atoms with Crippen molar-refractivity contribution < 1.29 is 9.72 Å². The largest absolute Gasteiger partial charge is 0.305 e. The summed E-state index contributed by atoms with van der Waals surface area (Å²) in [5.41, 5.74) is 1.05. The quantitative estimate of drug-likeness (QED) is 0.424. The number of fused-ring (bicyclic) bond motifs is 1. The highest BCUT2D eigenvalue weighted by atomic mass is 16.6. The number of nitro benzene ring substituents is 1. The summed E-state index contributed by atoms with van der Waals surface area (Å²) in [6.45, 7) is 4.09. The SMILES string of the molecule is CCC(CC)N(C(=O)c1cccc([N+](=O)[O-])c1)c1ccc2ccccc2c1. The van der Waals surface area contributed by atoms with E-state index in [0.29, 0.717) is 5.56 Å². The number of carbonyl (C=O) groups is 1. The van der Waals surface area contributed by atoms with Crippen LogP contribution in [0.5, 0.6) is 0 Å². The summed E-state index contributed by atoms with van der Waals surface area (Å²) in [5, 5.41) is 13.2. The molecule has 3 aromatic carbocycles. The first kappa shape index (κ1) is 18.6. The van der Waals surface area contributed by atoms with E-state index in [-0.39, 0.29) is 17.6 Å². The van der Waals surface area contributed by atoms with Crippen LogP contribution in [-0.2, 0) is 0 Å². The molecule has 0 radical (unpaired) electrons. The number of nitro groups is 1. The molecular weight excluding hydrogens is 340 g/mol. The molecule has 27 heavy (non-hydrogen) atoms. The van der Waals surface area contributed by atoms with E-state index >= 15 is 0 Å². The molecule has 0 saturated carbocycles. The van der Waals surface area contributed by atoms with Crippen molar-refractivity contribution in [1.29, 1.82) is 0 Å². The molecule has 0 aliphatic rings. The summed E-state index contributed by atoms with van der Waals surface area (Å²) < 4.78 is 0. The molecule has 0 fully saturated rings. The summed E-state index contributed by atoms with van der Waals surface area (Å²) in [6.07, 6.45) is 1.59. The molecule has 0 saturated heterocycles. The standard InChI is InChI=1S/C22H22N2O3/c1-3-19(4-2)23(20-13-12-16-8-5-6-9-17(16)14-20)22(25)18-10-7-11-21(15-18)24(26)27/h5-15,19H,3-4H2,1-2H3. The van der Waals surface area contributed by atoms with Crippen molar-refractivity contribution in [1.82, 2.24) is 0 Å². The van der Waals surface area contributed by atoms with Gasteiger partial charge in [0.25, 0.3) is 11.6 Å². The van der Waals surface area contributed by atoms with Crippen molar-refractivity contribution in [3.8, 4) is 0 Å². The van der Waals surface area contributed by atoms with Crippen LogP contribution in [0.15, 0.2) is 66.7 Å². The molecule has 3 rings (SSSR count). The van der Waals surface area contributed by atoms with Gasteiger partial charge in [-0.05, 0) is 41.8 Å². The van der Waals surface area contributed by atoms with Gasteiger partial charge >= 0.3 is 0 Å². The lowest BCUT2D eigenvalue weighted by atomic mass is 10.0. The van der Waals surface area contributed by atoms with E-state index in [9.17, 15) is 14.9 Å². The summed E-state index contributed by atoms with van der Waals surface area (Å²) in [7, 11) is 0. The van der Waals surface area contributed by atoms with Crippen LogP contribution in [0.4, 0.5) is 11.4 Å². The molecule has 3 aromatic rings. The van der Waals surface area contributed by atoms with Gasteiger partial charge < -0.3 is 4.90 Å². The third-order valence-corrected chi connectivity index (χ3v) is 4.84. The van der Waals surface area contributed by atoms with E-state index in [1.54, 1.807) is 17.0 Å². The molecule has 0 N–H and O–H groups in total. The minimum atomic E-state index is -0.478. The average molecular weight is 362 g/mol. The van der Waals surface area contributed by atoms with Crippen LogP contribution in [0.1, 0.15) is 37.0 Å². The molecular formula is C22H22N2O3. The normalized spacial score (nSPS) is 10.9. The molecule has 5 nitrogen and oxygen atoms in total. The number of nitrogens with zero attached hydrogens (tertiary/aromatic N) is 2. The number of hydrogen-bond acceptors (Lipinski definition) is 3. The molecule has 0 heterocycles. The Morgan fingerprint density at radius 3 is 2.33 bits per heavy atom. The highest BCUT2D eigenvalue weighted by Gasteiger charge is 2.25. The van der Waals surface area contributed by atoms with Crippen molar-refractivity contribution >= 4 is 28.1 Å². The lowest BCUT2D eigenvalue weighted by molar-refractivity contribution is -0.384. The molecule has 0 bridgehead atoms. The summed E-state index contributed by atoms with van der Waals surface area (Å²) >= 11 is 0. The topological polar surface area (TPSA) is 63.5 Å². The second-order valence-corrected chi connectivity index (χ2v) is 6.48. The van der Waals surface area contributed by atoms with E-state index in [1.165, 1.54) is 12.1 Å². The van der Waals surface area contributed by atoms with Gasteiger partial charge in [-0.25, -0.2) is 0 Å². The molecule has 0 unspecified atom stereocenters. The van der Waals surface area contributed by atoms with Crippen LogP contribution in [0.3, 0.4) is 0 Å². The molecule has 0 spiro atoms. The van der Waals surface area contributed by atoms with E-state index in [0.717, 1.165) is 29.3 Å². The fourth-order valence-corrected chi connectivity index (χ4v) is 3.37. The predicted molar refractivity (Wildman–Crippen MR) is 108 cm³/mol. The molecule has 0 aliphatic carbocycles. The smallest absolute Gasteiger partial charge is 0.270 e. The van der Waals surface area contributed by atoms with Gasteiger partial charge in [0, 0.05) is 29.4 Å². The zero-order valence-corrected chi connectivity index (χ0v) is 15.5. The molecule has 0 aromatic heterocycles. The number of carbonyl (C=O) groups excluding carboxylic acids is 1. The fourth-order valence-electron chi connectivity index (χ4n) is 3.37. The Kier molecular flexibility index (Phi) is 5.50. The van der Waals surface area contributed by atoms with E-state index in [1.807, 2.05) is 56.3 Å². The Morgan fingerprint density at radius 2 is 1.67 bits per heavy atom. The first-order valence-electron chi connectivity index (χ1n) is 9.12. The summed E-state index contributed by atoms with van der Waals surface area (Å²) in [6, 6.07) is 19.9. The third kappa shape index (κ3) is 3.82. The van der Waals surface area contributed by atoms with Crippen LogP contribution in [0.25, 0.3) is 10.8 Å². The van der Waals surface area contributed by atoms with E-state index in [4.69, 9.17) is 0 Å². The molecule has 0 atom stereocenters. The van der Waals surface area contributed by atoms with Crippen molar-refractivity contribution in [2.24, 2.45) is 0 Å². The maximum atomic E-state index is 13.3. The number of rotatable bonds is 6. The number of non-ortho nitro benzene ring substituents is 1. The van der Waals surface area contributed by atoms with Gasteiger partial charge in [-0.3, -0.25) is 14.9 Å². The van der Waals surface area contributed by atoms with Crippen molar-refractivity contribution in [2.75, 3.05) is 4.90 Å². The lowest BCUT2D eigenvalue weighted by Gasteiger charge is -2.31. The Bertz CT molecular complexity index is 980. The van der Waals surface area contributed by atoms with E-state index < -0.39 is 4.92 Å². The summed E-state index contributed by atoms with van der Waals surface area (Å²) in [5.74, 6) is -0.220. The number of hydrogen-bond donors (Lipinski definition) is 0. The van der Waals surface area contributed by atoms with Crippen LogP contribution in [-0.4, -0.2) is 16.9 Å². The number of benzene rings is 3. The number of amides is 1. The van der Waals surface area contributed by atoms with Gasteiger partial charge in [-0.1, -0.05) is 50.2 Å². The van der Waals surface area contributed by atoms with Crippen molar-refractivity contribution in [3.05, 3.63) is 82.4 Å². The molecule has 138 valence electrons. The van der Waals surface area contributed by atoms with Gasteiger partial charge in [-0.2, -0.15) is 0 Å². The highest BCUT2D eigenvalue weighted by molar-refractivity contribution is 6.07. The van der Waals surface area contributed by atoms with Gasteiger partial charge in [0.15, 0.2) is 0 Å². The van der Waals surface area contributed by atoms with Gasteiger partial charge in [0.1, 0.15) is 0 Å². The predicted octanol–water partition coefficient (Wildman–Crippen LogP) is 5.58. The zero-order valence-electron chi connectivity index (χ0n) is 15.5. The lowest BCUT2D eigenvalue weighted by Crippen LogP contribution is -2.40. The maximum Gasteiger partial charge on any atom is 0.270 e. The first-order chi connectivity index (χ1) is 13.0.